The number of likely N-dealkylation sites (tertiary alicyclic amines) is 1. The van der Waals surface area contributed by atoms with Gasteiger partial charge < -0.3 is 10.8 Å². The smallest absolute Gasteiger partial charge is 0.390 e. The number of para-hydroxylation sites is 1. The molecule has 3 aromatic heterocycles. The Morgan fingerprint density at radius 3 is 2.46 bits per heavy atom. The van der Waals surface area contributed by atoms with Crippen LogP contribution in [0.15, 0.2) is 48.7 Å². The maximum absolute atomic E-state index is 14.2. The molecule has 1 aliphatic heterocycles. The minimum absolute atomic E-state index is 0.0171. The second kappa shape index (κ2) is 8.25. The number of β-amino-alcohol motifs (C(OH)–C–C–N with tert-alkyl or cyclic N) is 1. The Morgan fingerprint density at radius 1 is 1.03 bits per heavy atom. The summed E-state index contributed by atoms with van der Waals surface area (Å²) in [6.45, 7) is 6.11. The maximum Gasteiger partial charge on any atom is 0.408 e. The normalized spacial score (nSPS) is 20.7. The third kappa shape index (κ3) is 4.26. The first-order chi connectivity index (χ1) is 16.4. The summed E-state index contributed by atoms with van der Waals surface area (Å²) in [6.07, 6.45) is -4.16. The summed E-state index contributed by atoms with van der Waals surface area (Å²) in [6, 6.07) is 9.99. The Balaban J connectivity index is 1.63. The topological polar surface area (TPSA) is 92.6 Å². The molecular formula is C25H27F3N6O. The molecule has 0 bridgehead atoms. The number of hydrogen-bond donors (Lipinski definition) is 2. The molecule has 0 saturated carbocycles. The summed E-state index contributed by atoms with van der Waals surface area (Å²) in [4.78, 5) is 6.02. The monoisotopic (exact) mass is 484 g/mol. The van der Waals surface area contributed by atoms with Crippen LogP contribution < -0.4 is 5.73 Å². The molecule has 3 atom stereocenters. The van der Waals surface area contributed by atoms with Gasteiger partial charge in [-0.05, 0) is 28.7 Å². The van der Waals surface area contributed by atoms with Gasteiger partial charge in [-0.15, -0.1) is 10.2 Å². The van der Waals surface area contributed by atoms with Crippen LogP contribution in [0.2, 0.25) is 0 Å². The molecule has 0 aliphatic carbocycles. The van der Waals surface area contributed by atoms with Crippen molar-refractivity contribution < 1.29 is 18.3 Å². The fourth-order valence-electron chi connectivity index (χ4n) is 4.78. The van der Waals surface area contributed by atoms with Gasteiger partial charge in [0.05, 0.1) is 11.6 Å². The quantitative estimate of drug-likeness (QED) is 0.459. The number of nitrogens with two attached hydrogens (primary N) is 1. The van der Waals surface area contributed by atoms with Crippen LogP contribution in [0.25, 0.3) is 28.1 Å². The number of nitrogens with zero attached hydrogens (tertiary/aromatic N) is 5. The molecular weight excluding hydrogens is 457 g/mol. The summed E-state index contributed by atoms with van der Waals surface area (Å²) < 4.78 is 44.1. The van der Waals surface area contributed by atoms with E-state index in [1.807, 2.05) is 24.3 Å². The van der Waals surface area contributed by atoms with Gasteiger partial charge in [0.1, 0.15) is 11.7 Å². The molecule has 4 aromatic rings. The van der Waals surface area contributed by atoms with Gasteiger partial charge in [-0.25, -0.2) is 4.98 Å². The van der Waals surface area contributed by atoms with Crippen molar-refractivity contribution in [2.45, 2.75) is 50.6 Å². The summed E-state index contributed by atoms with van der Waals surface area (Å²) in [7, 11) is 0. The minimum Gasteiger partial charge on any atom is -0.390 e. The molecule has 1 aliphatic rings. The standard InChI is InChI=1S/C25H27F3N6O/c1-24(2,3)16-6-4-5-14-7-9-18(30-21(14)16)23-32-31-20-10-8-15(11-34(20)23)22(25(26,27)28)33-12-17(29)19(35)13-33/h4-11,17,19,22,35H,12-13,29H2,1-3H3/t17-,19+,22-/m1/s1. The number of alkyl halides is 3. The molecule has 10 heteroatoms. The minimum atomic E-state index is -4.56. The lowest BCUT2D eigenvalue weighted by Gasteiger charge is -2.29. The molecule has 7 nitrogen and oxygen atoms in total. The Labute approximate surface area is 200 Å². The van der Waals surface area contributed by atoms with Crippen LogP contribution in [0.1, 0.15) is 37.9 Å². The number of fused-ring (bicyclic) bond motifs is 2. The lowest BCUT2D eigenvalue weighted by atomic mass is 9.85. The van der Waals surface area contributed by atoms with Crippen molar-refractivity contribution in [1.29, 1.82) is 0 Å². The van der Waals surface area contributed by atoms with Gasteiger partial charge >= 0.3 is 6.18 Å². The largest absolute Gasteiger partial charge is 0.408 e. The Hall–Kier alpha value is -3.08. The fraction of sp³-hybridized carbons (Fsp3) is 0.400. The predicted octanol–water partition coefficient (Wildman–Crippen LogP) is 3.85. The number of aliphatic hydroxyl groups excluding tert-OH is 1. The third-order valence-electron chi connectivity index (χ3n) is 6.53. The second-order valence-electron chi connectivity index (χ2n) is 10.2. The van der Waals surface area contributed by atoms with E-state index in [-0.39, 0.29) is 24.1 Å². The summed E-state index contributed by atoms with van der Waals surface area (Å²) in [5.41, 5.74) is 8.47. The average Bonchev–Trinajstić information content (AvgIpc) is 3.34. The van der Waals surface area contributed by atoms with E-state index in [4.69, 9.17) is 10.7 Å². The number of aromatic nitrogens is 4. The highest BCUT2D eigenvalue weighted by molar-refractivity contribution is 5.84. The maximum atomic E-state index is 14.2. The molecule has 4 heterocycles. The van der Waals surface area contributed by atoms with Crippen LogP contribution in [0, 0.1) is 0 Å². The van der Waals surface area contributed by atoms with E-state index in [1.54, 1.807) is 6.07 Å². The SMILES string of the molecule is CC(C)(C)c1cccc2ccc(-c3nnc4ccc([C@@H](N5C[C@@H](N)[C@@H](O)C5)C(F)(F)F)cn34)nc12. The summed E-state index contributed by atoms with van der Waals surface area (Å²) in [5, 5.41) is 19.3. The number of aliphatic hydroxyl groups is 1. The van der Waals surface area contributed by atoms with E-state index >= 15 is 0 Å². The molecule has 0 amide bonds. The molecule has 0 spiro atoms. The van der Waals surface area contributed by atoms with Crippen molar-refractivity contribution in [3.05, 3.63) is 59.8 Å². The van der Waals surface area contributed by atoms with Gasteiger partial charge in [0.25, 0.3) is 0 Å². The zero-order valence-electron chi connectivity index (χ0n) is 19.7. The zero-order valence-corrected chi connectivity index (χ0v) is 19.7. The van der Waals surface area contributed by atoms with Crippen LogP contribution in [-0.2, 0) is 5.41 Å². The number of hydrogen-bond acceptors (Lipinski definition) is 6. The molecule has 1 fully saturated rings. The van der Waals surface area contributed by atoms with E-state index < -0.39 is 24.4 Å². The molecule has 0 unspecified atom stereocenters. The number of benzene rings is 1. The highest BCUT2D eigenvalue weighted by Crippen LogP contribution is 2.39. The molecule has 184 valence electrons. The first-order valence-electron chi connectivity index (χ1n) is 11.4. The van der Waals surface area contributed by atoms with Crippen molar-refractivity contribution in [3.63, 3.8) is 0 Å². The molecule has 35 heavy (non-hydrogen) atoms. The second-order valence-corrected chi connectivity index (χ2v) is 10.2. The predicted molar refractivity (Wildman–Crippen MR) is 127 cm³/mol. The van der Waals surface area contributed by atoms with Gasteiger partial charge in [-0.2, -0.15) is 13.2 Å². The highest BCUT2D eigenvalue weighted by Gasteiger charge is 2.48. The molecule has 5 rings (SSSR count). The fourth-order valence-corrected chi connectivity index (χ4v) is 4.78. The van der Waals surface area contributed by atoms with Gasteiger partial charge in [0.15, 0.2) is 11.5 Å². The third-order valence-corrected chi connectivity index (χ3v) is 6.53. The molecule has 1 aromatic carbocycles. The lowest BCUT2D eigenvalue weighted by Crippen LogP contribution is -2.38. The van der Waals surface area contributed by atoms with Crippen LogP contribution in [0.4, 0.5) is 13.2 Å². The first-order valence-corrected chi connectivity index (χ1v) is 11.4. The number of halogens is 3. The van der Waals surface area contributed by atoms with E-state index in [1.165, 1.54) is 27.6 Å². The lowest BCUT2D eigenvalue weighted by molar-refractivity contribution is -0.184. The van der Waals surface area contributed by atoms with Crippen LogP contribution in [0.3, 0.4) is 0 Å². The van der Waals surface area contributed by atoms with Crippen LogP contribution >= 0.6 is 0 Å². The Bertz CT molecular complexity index is 1380. The van der Waals surface area contributed by atoms with Gasteiger partial charge in [-0.3, -0.25) is 9.30 Å². The van der Waals surface area contributed by atoms with E-state index in [0.717, 1.165) is 16.5 Å². The van der Waals surface area contributed by atoms with Crippen molar-refractivity contribution in [1.82, 2.24) is 24.5 Å². The van der Waals surface area contributed by atoms with Crippen molar-refractivity contribution in [2.75, 3.05) is 13.1 Å². The van der Waals surface area contributed by atoms with E-state index in [9.17, 15) is 18.3 Å². The number of rotatable bonds is 3. The highest BCUT2D eigenvalue weighted by atomic mass is 19.4. The summed E-state index contributed by atoms with van der Waals surface area (Å²) in [5.74, 6) is 0.353. The Morgan fingerprint density at radius 2 is 1.80 bits per heavy atom. The van der Waals surface area contributed by atoms with Gasteiger partial charge in [0, 0.05) is 30.7 Å². The summed E-state index contributed by atoms with van der Waals surface area (Å²) >= 11 is 0. The number of pyridine rings is 2. The first kappa shape index (κ1) is 23.7. The van der Waals surface area contributed by atoms with E-state index in [2.05, 4.69) is 31.0 Å². The molecule has 1 saturated heterocycles. The van der Waals surface area contributed by atoms with Crippen molar-refractivity contribution >= 4 is 16.6 Å². The van der Waals surface area contributed by atoms with Gasteiger partial charge in [-0.1, -0.05) is 51.1 Å². The Kier molecular flexibility index (Phi) is 5.58. The zero-order chi connectivity index (χ0) is 25.1. The van der Waals surface area contributed by atoms with Crippen LogP contribution in [0.5, 0.6) is 0 Å². The molecule has 3 N–H and O–H groups in total. The van der Waals surface area contributed by atoms with Crippen LogP contribution in [-0.4, -0.2) is 61.0 Å². The molecule has 0 radical (unpaired) electrons. The van der Waals surface area contributed by atoms with Crippen molar-refractivity contribution in [3.8, 4) is 11.5 Å². The van der Waals surface area contributed by atoms with Gasteiger partial charge in [0.2, 0.25) is 0 Å². The van der Waals surface area contributed by atoms with E-state index in [0.29, 0.717) is 17.2 Å². The average molecular weight is 485 g/mol. The van der Waals surface area contributed by atoms with Crippen molar-refractivity contribution in [2.24, 2.45) is 5.73 Å².